The number of hydrogen-bond acceptors (Lipinski definition) is 5. The average molecular weight is 424 g/mol. The van der Waals surface area contributed by atoms with Gasteiger partial charge in [0.2, 0.25) is 5.88 Å². The molecule has 4 rings (SSSR count). The minimum Gasteiger partial charge on any atom is -0.493 e. The molecule has 0 saturated heterocycles. The molecule has 0 bridgehead atoms. The van der Waals surface area contributed by atoms with E-state index in [-0.39, 0.29) is 11.9 Å². The fraction of sp³-hybridized carbons (Fsp3) is 0.300. The lowest BCUT2D eigenvalue weighted by molar-refractivity contribution is -0.139. The lowest BCUT2D eigenvalue weighted by Gasteiger charge is -2.31. The first-order valence-electron chi connectivity index (χ1n) is 9.02. The molecular weight excluding hydrogens is 407 g/mol. The van der Waals surface area contributed by atoms with Crippen molar-refractivity contribution in [2.75, 3.05) is 18.1 Å². The summed E-state index contributed by atoms with van der Waals surface area (Å²) in [7, 11) is 0. The average Bonchev–Trinajstić information content (AvgIpc) is 2.66. The van der Waals surface area contributed by atoms with E-state index in [0.717, 1.165) is 16.5 Å². The number of halogens is 4. The van der Waals surface area contributed by atoms with Gasteiger partial charge in [-0.25, -0.2) is 0 Å². The van der Waals surface area contributed by atoms with Gasteiger partial charge in [-0.3, -0.25) is 0 Å². The summed E-state index contributed by atoms with van der Waals surface area (Å²) in [6.07, 6.45) is -4.96. The Labute approximate surface area is 169 Å². The van der Waals surface area contributed by atoms with Gasteiger partial charge < -0.3 is 14.7 Å². The monoisotopic (exact) mass is 423 g/mol. The summed E-state index contributed by atoms with van der Waals surface area (Å²) in [5.74, 6) is -0.257. The zero-order valence-corrected chi connectivity index (χ0v) is 16.0. The van der Waals surface area contributed by atoms with Gasteiger partial charge >= 0.3 is 12.2 Å². The van der Waals surface area contributed by atoms with Gasteiger partial charge in [0.15, 0.2) is 0 Å². The van der Waals surface area contributed by atoms with Crippen LogP contribution in [-0.4, -0.2) is 34.4 Å². The van der Waals surface area contributed by atoms with Gasteiger partial charge in [-0.05, 0) is 23.9 Å². The van der Waals surface area contributed by atoms with Crippen molar-refractivity contribution >= 4 is 28.1 Å². The van der Waals surface area contributed by atoms with Crippen molar-refractivity contribution in [2.24, 2.45) is 0 Å². The van der Waals surface area contributed by atoms with Gasteiger partial charge in [-0.15, -0.1) is 0 Å². The molecule has 0 amide bonds. The maximum absolute atomic E-state index is 12.3. The number of aromatic hydroxyl groups is 1. The predicted molar refractivity (Wildman–Crippen MR) is 104 cm³/mol. The molecule has 29 heavy (non-hydrogen) atoms. The minimum atomic E-state index is -4.33. The van der Waals surface area contributed by atoms with Crippen LogP contribution in [0, 0.1) is 0 Å². The Morgan fingerprint density at radius 2 is 1.90 bits per heavy atom. The summed E-state index contributed by atoms with van der Waals surface area (Å²) in [6.45, 7) is 0.359. The number of aromatic nitrogens is 2. The highest BCUT2D eigenvalue weighted by atomic mass is 35.5. The molecule has 0 spiro atoms. The Hall–Kier alpha value is -2.74. The quantitative estimate of drug-likeness (QED) is 0.648. The molecule has 2 heterocycles. The molecule has 3 aromatic rings. The number of ether oxygens (including phenoxy) is 1. The fourth-order valence-electron chi connectivity index (χ4n) is 3.46. The second-order valence-corrected chi connectivity index (χ2v) is 7.16. The maximum Gasteiger partial charge on any atom is 0.392 e. The molecule has 0 saturated carbocycles. The van der Waals surface area contributed by atoms with Crippen LogP contribution in [0.3, 0.4) is 0 Å². The van der Waals surface area contributed by atoms with Crippen LogP contribution >= 0.6 is 11.6 Å². The number of benzene rings is 2. The third-order valence-corrected chi connectivity index (χ3v) is 5.13. The van der Waals surface area contributed by atoms with Gasteiger partial charge in [0.25, 0.3) is 0 Å². The van der Waals surface area contributed by atoms with Crippen LogP contribution in [0.5, 0.6) is 11.9 Å². The highest BCUT2D eigenvalue weighted by Crippen LogP contribution is 2.36. The number of nitrogens with zero attached hydrogens (tertiary/aromatic N) is 3. The van der Waals surface area contributed by atoms with Crippen LogP contribution in [0.25, 0.3) is 10.8 Å². The van der Waals surface area contributed by atoms with Gasteiger partial charge in [0.1, 0.15) is 6.61 Å². The van der Waals surface area contributed by atoms with E-state index in [0.29, 0.717) is 35.8 Å². The molecule has 1 N–H and O–H groups in total. The smallest absolute Gasteiger partial charge is 0.392 e. The van der Waals surface area contributed by atoms with E-state index in [2.05, 4.69) is 14.9 Å². The van der Waals surface area contributed by atoms with Crippen LogP contribution < -0.4 is 9.64 Å². The molecule has 0 unspecified atom stereocenters. The minimum absolute atomic E-state index is 0.257. The van der Waals surface area contributed by atoms with Crippen molar-refractivity contribution in [3.63, 3.8) is 0 Å². The molecule has 152 valence electrons. The lowest BCUT2D eigenvalue weighted by atomic mass is 10.0. The molecule has 0 fully saturated rings. The highest BCUT2D eigenvalue weighted by molar-refractivity contribution is 6.36. The first-order valence-corrected chi connectivity index (χ1v) is 9.40. The van der Waals surface area contributed by atoms with Crippen LogP contribution in [0.1, 0.15) is 17.7 Å². The number of fused-ring (bicyclic) bond motifs is 2. The number of hydrogen-bond donors (Lipinski definition) is 1. The third-order valence-electron chi connectivity index (χ3n) is 4.81. The Morgan fingerprint density at radius 3 is 2.66 bits per heavy atom. The summed E-state index contributed by atoms with van der Waals surface area (Å²) in [4.78, 5) is 10.1. The van der Waals surface area contributed by atoms with E-state index < -0.39 is 19.2 Å². The number of alkyl halides is 3. The summed E-state index contributed by atoms with van der Waals surface area (Å²) >= 11 is 6.42. The molecule has 0 aliphatic carbocycles. The normalized spacial score (nSPS) is 14.1. The third kappa shape index (κ3) is 4.17. The molecule has 0 radical (unpaired) electrons. The topological polar surface area (TPSA) is 58.5 Å². The molecule has 1 aliphatic heterocycles. The zero-order valence-electron chi connectivity index (χ0n) is 15.2. The number of anilines is 1. The van der Waals surface area contributed by atoms with Crippen LogP contribution in [0.4, 0.5) is 18.9 Å². The fourth-order valence-corrected chi connectivity index (χ4v) is 3.74. The molecule has 2 aromatic carbocycles. The van der Waals surface area contributed by atoms with E-state index in [1.807, 2.05) is 36.4 Å². The Balaban J connectivity index is 1.61. The van der Waals surface area contributed by atoms with Crippen molar-refractivity contribution in [3.8, 4) is 11.9 Å². The first kappa shape index (κ1) is 19.6. The molecule has 1 aromatic heterocycles. The molecule has 9 heteroatoms. The summed E-state index contributed by atoms with van der Waals surface area (Å²) in [5, 5.41) is 12.7. The largest absolute Gasteiger partial charge is 0.493 e. The standard InChI is InChI=1S/C20H17ClF3N3O2/c21-14-5-1-3-12-4-2-6-16(17(12)14)27-9-7-13-15(11-27)25-19(26-18(13)28)29-10-8-20(22,23)24/h1-6H,7-11H2,(H,25,26,28). The van der Waals surface area contributed by atoms with Crippen molar-refractivity contribution in [3.05, 3.63) is 52.7 Å². The van der Waals surface area contributed by atoms with Crippen molar-refractivity contribution in [1.29, 1.82) is 0 Å². The van der Waals surface area contributed by atoms with Gasteiger partial charge in [0, 0.05) is 23.2 Å². The van der Waals surface area contributed by atoms with Gasteiger partial charge in [-0.2, -0.15) is 23.1 Å². The van der Waals surface area contributed by atoms with Crippen LogP contribution in [0.15, 0.2) is 36.4 Å². The Kier molecular flexibility index (Phi) is 5.12. The second kappa shape index (κ2) is 7.59. The molecular formula is C20H17ClF3N3O2. The molecule has 1 aliphatic rings. The van der Waals surface area contributed by atoms with Crippen LogP contribution in [0.2, 0.25) is 5.02 Å². The molecule has 0 atom stereocenters. The van der Waals surface area contributed by atoms with E-state index in [9.17, 15) is 18.3 Å². The zero-order chi connectivity index (χ0) is 20.6. The van der Waals surface area contributed by atoms with Crippen molar-refractivity contribution in [2.45, 2.75) is 25.6 Å². The highest BCUT2D eigenvalue weighted by Gasteiger charge is 2.28. The maximum atomic E-state index is 12.3. The van der Waals surface area contributed by atoms with E-state index in [4.69, 9.17) is 16.3 Å². The Morgan fingerprint density at radius 1 is 1.14 bits per heavy atom. The van der Waals surface area contributed by atoms with E-state index in [1.165, 1.54) is 0 Å². The Bertz CT molecular complexity index is 1050. The first-order chi connectivity index (χ1) is 13.8. The second-order valence-electron chi connectivity index (χ2n) is 6.76. The van der Waals surface area contributed by atoms with Gasteiger partial charge in [-0.1, -0.05) is 35.9 Å². The van der Waals surface area contributed by atoms with E-state index >= 15 is 0 Å². The summed E-state index contributed by atoms with van der Waals surface area (Å²) in [6, 6.07) is 11.3. The predicted octanol–water partition coefficient (Wildman–Crippen LogP) is 4.88. The summed E-state index contributed by atoms with van der Waals surface area (Å²) in [5.41, 5.74) is 2.03. The lowest BCUT2D eigenvalue weighted by Crippen LogP contribution is -2.31. The SMILES string of the molecule is Oc1nc(OCCC(F)(F)F)nc2c1CCN(c1cccc3cccc(Cl)c13)C2. The van der Waals surface area contributed by atoms with Crippen molar-refractivity contribution < 1.29 is 23.0 Å². The van der Waals surface area contributed by atoms with Gasteiger partial charge in [0.05, 0.1) is 23.7 Å². The van der Waals surface area contributed by atoms with Crippen LogP contribution in [-0.2, 0) is 13.0 Å². The summed E-state index contributed by atoms with van der Waals surface area (Å²) < 4.78 is 42.0. The van der Waals surface area contributed by atoms with Crippen molar-refractivity contribution in [1.82, 2.24) is 9.97 Å². The number of rotatable bonds is 4. The molecule has 5 nitrogen and oxygen atoms in total. The van der Waals surface area contributed by atoms with E-state index in [1.54, 1.807) is 0 Å².